The normalized spacial score (nSPS) is 12.9. The Morgan fingerprint density at radius 1 is 1.75 bits per heavy atom. The highest BCUT2D eigenvalue weighted by atomic mass is 35.7. The number of carbonyl (C=O) groups is 1. The molecule has 0 spiro atoms. The molecule has 0 aromatic carbocycles. The van der Waals surface area contributed by atoms with E-state index in [-0.39, 0.29) is 5.91 Å². The van der Waals surface area contributed by atoms with Crippen molar-refractivity contribution in [1.29, 1.82) is 0 Å². The van der Waals surface area contributed by atoms with Crippen LogP contribution in [0.5, 0.6) is 0 Å². The molecule has 0 heterocycles. The summed E-state index contributed by atoms with van der Waals surface area (Å²) in [6.45, 7) is 1.29. The second kappa shape index (κ2) is 3.04. The first-order valence-electron chi connectivity index (χ1n) is 1.88. The molecule has 3 nitrogen and oxygen atoms in total. The van der Waals surface area contributed by atoms with E-state index < -0.39 is 10.2 Å². The van der Waals surface area contributed by atoms with Gasteiger partial charge < -0.3 is 0 Å². The first-order chi connectivity index (χ1) is 3.55. The third-order valence-electron chi connectivity index (χ3n) is 0.659. The van der Waals surface area contributed by atoms with Crippen LogP contribution in [-0.2, 0) is 15.0 Å². The standard InChI is InChI=1S/C3H6ClNO2S/c1-3(6)5(2)8(4)7/h1-2H3. The van der Waals surface area contributed by atoms with Crippen LogP contribution in [0.1, 0.15) is 6.92 Å². The molecule has 0 fully saturated rings. The van der Waals surface area contributed by atoms with Gasteiger partial charge in [0.05, 0.1) is 0 Å². The molecule has 1 atom stereocenters. The number of rotatable bonds is 1. The van der Waals surface area contributed by atoms with Gasteiger partial charge >= 0.3 is 0 Å². The van der Waals surface area contributed by atoms with Crippen LogP contribution < -0.4 is 0 Å². The van der Waals surface area contributed by atoms with E-state index in [0.717, 1.165) is 4.31 Å². The Morgan fingerprint density at radius 3 is 2.12 bits per heavy atom. The second-order valence-electron chi connectivity index (χ2n) is 1.22. The van der Waals surface area contributed by atoms with Gasteiger partial charge in [-0.3, -0.25) is 9.10 Å². The Bertz CT molecular complexity index is 112. The quantitative estimate of drug-likeness (QED) is 0.511. The number of hydrogen-bond donors (Lipinski definition) is 0. The molecule has 0 N–H and O–H groups in total. The molecule has 8 heavy (non-hydrogen) atoms. The third-order valence-corrected chi connectivity index (χ3v) is 1.97. The lowest BCUT2D eigenvalue weighted by molar-refractivity contribution is -0.123. The fourth-order valence-corrected chi connectivity index (χ4v) is 0.595. The summed E-state index contributed by atoms with van der Waals surface area (Å²) in [5.74, 6) is -0.307. The van der Waals surface area contributed by atoms with Gasteiger partial charge in [0, 0.05) is 24.7 Å². The molecule has 1 amide bonds. The molecule has 1 unspecified atom stereocenters. The zero-order valence-electron chi connectivity index (χ0n) is 4.55. The van der Waals surface area contributed by atoms with Gasteiger partial charge in [-0.1, -0.05) is 0 Å². The largest absolute Gasteiger partial charge is 0.274 e. The lowest BCUT2D eigenvalue weighted by atomic mass is 10.7. The summed E-state index contributed by atoms with van der Waals surface area (Å²) in [5, 5.41) is 0. The summed E-state index contributed by atoms with van der Waals surface area (Å²) in [6.07, 6.45) is 0. The summed E-state index contributed by atoms with van der Waals surface area (Å²) in [4.78, 5) is 10.2. The van der Waals surface area contributed by atoms with Crippen molar-refractivity contribution >= 4 is 26.8 Å². The minimum Gasteiger partial charge on any atom is -0.274 e. The van der Waals surface area contributed by atoms with Crippen molar-refractivity contribution in [3.63, 3.8) is 0 Å². The van der Waals surface area contributed by atoms with Crippen molar-refractivity contribution in [2.45, 2.75) is 6.92 Å². The maximum atomic E-state index is 10.2. The lowest BCUT2D eigenvalue weighted by Gasteiger charge is -2.05. The molecular formula is C3H6ClNO2S. The van der Waals surface area contributed by atoms with Crippen molar-refractivity contribution < 1.29 is 9.00 Å². The van der Waals surface area contributed by atoms with E-state index in [0.29, 0.717) is 0 Å². The predicted molar refractivity (Wildman–Crippen MR) is 32.4 cm³/mol. The average molecular weight is 156 g/mol. The van der Waals surface area contributed by atoms with Crippen molar-refractivity contribution in [1.82, 2.24) is 4.31 Å². The van der Waals surface area contributed by atoms with Crippen LogP contribution in [0.4, 0.5) is 0 Å². The molecule has 0 saturated carbocycles. The summed E-state index contributed by atoms with van der Waals surface area (Å²) in [7, 11) is 4.68. The number of nitrogens with zero attached hydrogens (tertiary/aromatic N) is 1. The Morgan fingerprint density at radius 2 is 2.12 bits per heavy atom. The number of carbonyl (C=O) groups excluding carboxylic acids is 1. The SMILES string of the molecule is CC(=O)N(C)S(=O)Cl. The van der Waals surface area contributed by atoms with Crippen LogP contribution in [0.15, 0.2) is 0 Å². The zero-order valence-corrected chi connectivity index (χ0v) is 6.12. The summed E-state index contributed by atoms with van der Waals surface area (Å²) in [5.41, 5.74) is 0. The van der Waals surface area contributed by atoms with Crippen LogP contribution >= 0.6 is 10.7 Å². The third kappa shape index (κ3) is 2.28. The van der Waals surface area contributed by atoms with E-state index in [4.69, 9.17) is 10.7 Å². The molecule has 0 saturated heterocycles. The van der Waals surface area contributed by atoms with E-state index in [1.54, 1.807) is 0 Å². The van der Waals surface area contributed by atoms with Crippen LogP contribution in [0.3, 0.4) is 0 Å². The van der Waals surface area contributed by atoms with E-state index in [9.17, 15) is 9.00 Å². The lowest BCUT2D eigenvalue weighted by Crippen LogP contribution is -2.22. The van der Waals surface area contributed by atoms with E-state index in [1.165, 1.54) is 14.0 Å². The fourth-order valence-electron chi connectivity index (χ4n) is 0.101. The molecule has 0 aliphatic heterocycles. The fraction of sp³-hybridized carbons (Fsp3) is 0.667. The molecule has 0 bridgehead atoms. The summed E-state index contributed by atoms with van der Waals surface area (Å²) >= 11 is 0. The Kier molecular flexibility index (Phi) is 3.01. The van der Waals surface area contributed by atoms with Crippen molar-refractivity contribution in [2.24, 2.45) is 0 Å². The molecule has 0 aromatic rings. The second-order valence-corrected chi connectivity index (χ2v) is 2.98. The average Bonchev–Trinajstić information content (AvgIpc) is 1.64. The summed E-state index contributed by atoms with van der Waals surface area (Å²) < 4.78 is 11.1. The van der Waals surface area contributed by atoms with Gasteiger partial charge in [0.2, 0.25) is 16.1 Å². The van der Waals surface area contributed by atoms with Crippen LogP contribution in [-0.4, -0.2) is 21.5 Å². The zero-order chi connectivity index (χ0) is 6.73. The predicted octanol–water partition coefficient (Wildman–Crippen LogP) is 0.282. The topological polar surface area (TPSA) is 37.4 Å². The molecule has 0 radical (unpaired) electrons. The molecule has 5 heteroatoms. The van der Waals surface area contributed by atoms with E-state index in [1.807, 2.05) is 0 Å². The van der Waals surface area contributed by atoms with Gasteiger partial charge in [-0.05, 0) is 0 Å². The highest BCUT2D eigenvalue weighted by Gasteiger charge is 2.05. The minimum absolute atomic E-state index is 0.307. The van der Waals surface area contributed by atoms with Gasteiger partial charge in [-0.25, -0.2) is 4.21 Å². The number of hydrogen-bond acceptors (Lipinski definition) is 2. The van der Waals surface area contributed by atoms with Gasteiger partial charge in [0.1, 0.15) is 0 Å². The van der Waals surface area contributed by atoms with Crippen LogP contribution in [0.25, 0.3) is 0 Å². The first kappa shape index (κ1) is 7.91. The molecule has 0 aliphatic rings. The number of halogens is 1. The Labute approximate surface area is 54.7 Å². The van der Waals surface area contributed by atoms with E-state index >= 15 is 0 Å². The van der Waals surface area contributed by atoms with Crippen molar-refractivity contribution in [3.8, 4) is 0 Å². The van der Waals surface area contributed by atoms with Crippen molar-refractivity contribution in [2.75, 3.05) is 7.05 Å². The monoisotopic (exact) mass is 155 g/mol. The Balaban J connectivity index is 3.83. The van der Waals surface area contributed by atoms with Gasteiger partial charge in [-0.2, -0.15) is 0 Å². The molecule has 0 rings (SSSR count). The van der Waals surface area contributed by atoms with Gasteiger partial charge in [0.25, 0.3) is 0 Å². The minimum atomic E-state index is -1.68. The van der Waals surface area contributed by atoms with Gasteiger partial charge in [-0.15, -0.1) is 0 Å². The number of amides is 1. The molecule has 0 aromatic heterocycles. The molecule has 0 aliphatic carbocycles. The van der Waals surface area contributed by atoms with Crippen molar-refractivity contribution in [3.05, 3.63) is 0 Å². The van der Waals surface area contributed by atoms with Crippen LogP contribution in [0, 0.1) is 0 Å². The molecule has 48 valence electrons. The Hall–Kier alpha value is -0.0900. The smallest absolute Gasteiger partial charge is 0.231 e. The highest BCUT2D eigenvalue weighted by Crippen LogP contribution is 1.94. The van der Waals surface area contributed by atoms with Crippen LogP contribution in [0.2, 0.25) is 0 Å². The van der Waals surface area contributed by atoms with E-state index in [2.05, 4.69) is 0 Å². The summed E-state index contributed by atoms with van der Waals surface area (Å²) in [6, 6.07) is 0. The first-order valence-corrected chi connectivity index (χ1v) is 3.81. The highest BCUT2D eigenvalue weighted by molar-refractivity contribution is 8.06. The maximum absolute atomic E-state index is 10.2. The van der Waals surface area contributed by atoms with Gasteiger partial charge in [0.15, 0.2) is 0 Å². The molecular weight excluding hydrogens is 150 g/mol. The maximum Gasteiger partial charge on any atom is 0.231 e.